The van der Waals surface area contributed by atoms with Crippen LogP contribution in [0, 0.1) is 5.82 Å². The molecule has 2 aromatic rings. The van der Waals surface area contributed by atoms with Gasteiger partial charge >= 0.3 is 6.03 Å². The van der Waals surface area contributed by atoms with Gasteiger partial charge in [0.1, 0.15) is 5.82 Å². The number of carbonyl (C=O) groups excluding carboxylic acids is 2. The van der Waals surface area contributed by atoms with Gasteiger partial charge in [0.05, 0.1) is 6.54 Å². The number of hydrogen-bond acceptors (Lipinski definition) is 2. The summed E-state index contributed by atoms with van der Waals surface area (Å²) in [5, 5.41) is 6.08. The van der Waals surface area contributed by atoms with Gasteiger partial charge in [-0.1, -0.05) is 41.4 Å². The summed E-state index contributed by atoms with van der Waals surface area (Å²) in [5.74, 6) is -0.611. The lowest BCUT2D eigenvalue weighted by Gasteiger charge is -2.18. The highest BCUT2D eigenvalue weighted by atomic mass is 35.5. The minimum Gasteiger partial charge on any atom is -0.340 e. The molecule has 0 bridgehead atoms. The molecule has 138 valence electrons. The van der Waals surface area contributed by atoms with Crippen LogP contribution in [0.15, 0.2) is 42.5 Å². The third-order valence-electron chi connectivity index (χ3n) is 3.61. The first-order valence-electron chi connectivity index (χ1n) is 7.79. The van der Waals surface area contributed by atoms with Crippen molar-refractivity contribution in [3.8, 4) is 0 Å². The van der Waals surface area contributed by atoms with Crippen LogP contribution in [0.5, 0.6) is 0 Å². The van der Waals surface area contributed by atoms with Crippen molar-refractivity contribution in [3.63, 3.8) is 0 Å². The maximum absolute atomic E-state index is 12.8. The van der Waals surface area contributed by atoms with Crippen molar-refractivity contribution in [2.24, 2.45) is 0 Å². The number of carbonyl (C=O) groups is 2. The molecule has 2 N–H and O–H groups in total. The Bertz CT molecular complexity index is 785. The number of rotatable bonds is 6. The van der Waals surface area contributed by atoms with Gasteiger partial charge in [0, 0.05) is 30.2 Å². The zero-order chi connectivity index (χ0) is 19.1. The second kappa shape index (κ2) is 9.40. The Balaban J connectivity index is 1.76. The van der Waals surface area contributed by atoms with Crippen LogP contribution >= 0.6 is 23.2 Å². The Hall–Kier alpha value is -2.31. The Labute approximate surface area is 161 Å². The van der Waals surface area contributed by atoms with Crippen LogP contribution in [0.2, 0.25) is 10.0 Å². The van der Waals surface area contributed by atoms with Crippen LogP contribution in [-0.4, -0.2) is 30.4 Å². The molecular weight excluding hydrogens is 380 g/mol. The predicted octanol–water partition coefficient (Wildman–Crippen LogP) is 3.59. The SMILES string of the molecule is CN(Cc1ccc(Cl)cc1Cl)C(=O)CNC(=O)NCc1ccc(F)cc1. The lowest BCUT2D eigenvalue weighted by atomic mass is 10.2. The summed E-state index contributed by atoms with van der Waals surface area (Å²) in [6.45, 7) is 0.376. The molecule has 26 heavy (non-hydrogen) atoms. The number of amides is 3. The summed E-state index contributed by atoms with van der Waals surface area (Å²) in [6.07, 6.45) is 0. The van der Waals surface area contributed by atoms with Gasteiger partial charge in [-0.2, -0.15) is 0 Å². The number of likely N-dealkylation sites (N-methyl/N-ethyl adjacent to an activating group) is 1. The normalized spacial score (nSPS) is 10.3. The van der Waals surface area contributed by atoms with E-state index in [9.17, 15) is 14.0 Å². The second-order valence-electron chi connectivity index (χ2n) is 5.65. The van der Waals surface area contributed by atoms with Gasteiger partial charge in [-0.15, -0.1) is 0 Å². The second-order valence-corrected chi connectivity index (χ2v) is 6.49. The smallest absolute Gasteiger partial charge is 0.315 e. The van der Waals surface area contributed by atoms with E-state index < -0.39 is 6.03 Å². The standard InChI is InChI=1S/C18H18Cl2FN3O2/c1-24(11-13-4-5-14(19)8-16(13)20)17(25)10-23-18(26)22-9-12-2-6-15(21)7-3-12/h2-8H,9-11H2,1H3,(H2,22,23,26). The minimum absolute atomic E-state index is 0.156. The Morgan fingerprint density at radius 3 is 2.42 bits per heavy atom. The maximum Gasteiger partial charge on any atom is 0.315 e. The zero-order valence-corrected chi connectivity index (χ0v) is 15.6. The van der Waals surface area contributed by atoms with E-state index in [2.05, 4.69) is 10.6 Å². The van der Waals surface area contributed by atoms with Crippen molar-refractivity contribution in [1.29, 1.82) is 0 Å². The number of hydrogen-bond donors (Lipinski definition) is 2. The molecule has 3 amide bonds. The van der Waals surface area contributed by atoms with Gasteiger partial charge < -0.3 is 15.5 Å². The third-order valence-corrected chi connectivity index (χ3v) is 4.20. The molecule has 0 unspecified atom stereocenters. The summed E-state index contributed by atoms with van der Waals surface area (Å²) >= 11 is 11.9. The average molecular weight is 398 g/mol. The first kappa shape index (κ1) is 20.0. The molecule has 0 saturated carbocycles. The number of nitrogens with one attached hydrogen (secondary N) is 2. The molecule has 0 aliphatic carbocycles. The highest BCUT2D eigenvalue weighted by Crippen LogP contribution is 2.21. The van der Waals surface area contributed by atoms with E-state index in [0.29, 0.717) is 16.6 Å². The van der Waals surface area contributed by atoms with Gasteiger partial charge in [0.15, 0.2) is 0 Å². The van der Waals surface area contributed by atoms with Crippen molar-refractivity contribution in [2.75, 3.05) is 13.6 Å². The van der Waals surface area contributed by atoms with Gasteiger partial charge in [-0.25, -0.2) is 9.18 Å². The molecule has 0 aliphatic heterocycles. The fourth-order valence-electron chi connectivity index (χ4n) is 2.13. The van der Waals surface area contributed by atoms with E-state index in [0.717, 1.165) is 11.1 Å². The van der Waals surface area contributed by atoms with Gasteiger partial charge in [-0.05, 0) is 35.4 Å². The number of urea groups is 1. The highest BCUT2D eigenvalue weighted by Gasteiger charge is 2.12. The van der Waals surface area contributed by atoms with E-state index in [-0.39, 0.29) is 24.8 Å². The molecule has 0 aliphatic rings. The molecule has 8 heteroatoms. The molecule has 0 atom stereocenters. The number of benzene rings is 2. The van der Waals surface area contributed by atoms with Crippen LogP contribution in [0.3, 0.4) is 0 Å². The molecule has 0 radical (unpaired) electrons. The van der Waals surface area contributed by atoms with Crippen LogP contribution in [0.1, 0.15) is 11.1 Å². The van der Waals surface area contributed by atoms with E-state index in [1.54, 1.807) is 37.4 Å². The largest absolute Gasteiger partial charge is 0.340 e. The topological polar surface area (TPSA) is 61.4 Å². The van der Waals surface area contributed by atoms with Gasteiger partial charge in [0.2, 0.25) is 5.91 Å². The first-order chi connectivity index (χ1) is 12.3. The Morgan fingerprint density at radius 2 is 1.77 bits per heavy atom. The molecule has 5 nitrogen and oxygen atoms in total. The van der Waals surface area contributed by atoms with Crippen molar-refractivity contribution in [2.45, 2.75) is 13.1 Å². The van der Waals surface area contributed by atoms with Crippen LogP contribution in [0.4, 0.5) is 9.18 Å². The lowest BCUT2D eigenvalue weighted by Crippen LogP contribution is -2.42. The van der Waals surface area contributed by atoms with Crippen molar-refractivity contribution >= 4 is 35.1 Å². The van der Waals surface area contributed by atoms with E-state index in [1.807, 2.05) is 0 Å². The van der Waals surface area contributed by atoms with E-state index in [4.69, 9.17) is 23.2 Å². The van der Waals surface area contributed by atoms with Gasteiger partial charge in [0.25, 0.3) is 0 Å². The van der Waals surface area contributed by atoms with E-state index in [1.165, 1.54) is 17.0 Å². The molecule has 0 aromatic heterocycles. The zero-order valence-electron chi connectivity index (χ0n) is 14.1. The lowest BCUT2D eigenvalue weighted by molar-refractivity contribution is -0.129. The quantitative estimate of drug-likeness (QED) is 0.782. The summed E-state index contributed by atoms with van der Waals surface area (Å²) in [6, 6.07) is 10.3. The first-order valence-corrected chi connectivity index (χ1v) is 8.55. The summed E-state index contributed by atoms with van der Waals surface area (Å²) in [4.78, 5) is 25.3. The molecule has 2 aromatic carbocycles. The molecule has 0 heterocycles. The predicted molar refractivity (Wildman–Crippen MR) is 99.6 cm³/mol. The fourth-order valence-corrected chi connectivity index (χ4v) is 2.60. The van der Waals surface area contributed by atoms with Crippen molar-refractivity contribution < 1.29 is 14.0 Å². The van der Waals surface area contributed by atoms with Gasteiger partial charge in [-0.3, -0.25) is 4.79 Å². The fraction of sp³-hybridized carbons (Fsp3) is 0.222. The van der Waals surface area contributed by atoms with Crippen molar-refractivity contribution in [3.05, 3.63) is 69.5 Å². The third kappa shape index (κ3) is 6.20. The molecule has 0 saturated heterocycles. The molecule has 0 fully saturated rings. The number of nitrogens with zero attached hydrogens (tertiary/aromatic N) is 1. The summed E-state index contributed by atoms with van der Waals surface area (Å²) in [5.41, 5.74) is 1.51. The monoisotopic (exact) mass is 397 g/mol. The van der Waals surface area contributed by atoms with Crippen molar-refractivity contribution in [1.82, 2.24) is 15.5 Å². The molecule has 2 rings (SSSR count). The van der Waals surface area contributed by atoms with Crippen LogP contribution in [0.25, 0.3) is 0 Å². The van der Waals surface area contributed by atoms with E-state index >= 15 is 0 Å². The molecule has 0 spiro atoms. The summed E-state index contributed by atoms with van der Waals surface area (Å²) < 4.78 is 12.8. The van der Waals surface area contributed by atoms with Crippen LogP contribution in [-0.2, 0) is 17.9 Å². The number of halogens is 3. The Kier molecular flexibility index (Phi) is 7.24. The maximum atomic E-state index is 12.8. The highest BCUT2D eigenvalue weighted by molar-refractivity contribution is 6.35. The van der Waals surface area contributed by atoms with Crippen LogP contribution < -0.4 is 10.6 Å². The summed E-state index contributed by atoms with van der Waals surface area (Å²) in [7, 11) is 1.62. The minimum atomic E-state index is -0.486. The average Bonchev–Trinajstić information content (AvgIpc) is 2.61. The molecular formula is C18H18Cl2FN3O2. The Morgan fingerprint density at radius 1 is 1.08 bits per heavy atom.